The molecule has 2 fully saturated rings. The standard InChI is InChI=1S/C25H30O/c1-25-14-5-8-24(25)23-11-9-19-16-20(10-12-21(19)22(23)13-15-25)26-17-18-6-3-2-4-7-18/h2-4,6-7,10,12,16,22-24H,5,8-9,11,13-15,17H2,1H3/t22-,23-,24+,25+/m1/s1. The molecule has 0 amide bonds. The molecule has 2 saturated carbocycles. The first-order valence-corrected chi connectivity index (χ1v) is 10.5. The summed E-state index contributed by atoms with van der Waals surface area (Å²) in [4.78, 5) is 0. The molecule has 26 heavy (non-hydrogen) atoms. The number of ether oxygens (including phenoxy) is 1. The van der Waals surface area contributed by atoms with Gasteiger partial charge in [-0.15, -0.1) is 0 Å². The van der Waals surface area contributed by atoms with Crippen LogP contribution in [-0.4, -0.2) is 0 Å². The number of benzene rings is 2. The van der Waals surface area contributed by atoms with Gasteiger partial charge < -0.3 is 4.74 Å². The van der Waals surface area contributed by atoms with E-state index in [4.69, 9.17) is 4.74 Å². The van der Waals surface area contributed by atoms with Crippen LogP contribution in [-0.2, 0) is 13.0 Å². The van der Waals surface area contributed by atoms with E-state index in [-0.39, 0.29) is 0 Å². The fraction of sp³-hybridized carbons (Fsp3) is 0.520. The summed E-state index contributed by atoms with van der Waals surface area (Å²) in [7, 11) is 0. The lowest BCUT2D eigenvalue weighted by atomic mass is 9.56. The lowest BCUT2D eigenvalue weighted by Crippen LogP contribution is -2.39. The third-order valence-electron chi connectivity index (χ3n) is 7.73. The van der Waals surface area contributed by atoms with Gasteiger partial charge in [0.05, 0.1) is 0 Å². The molecule has 1 nitrogen and oxygen atoms in total. The lowest BCUT2D eigenvalue weighted by molar-refractivity contribution is 0.0598. The van der Waals surface area contributed by atoms with Crippen molar-refractivity contribution < 1.29 is 4.74 Å². The summed E-state index contributed by atoms with van der Waals surface area (Å²) in [5, 5.41) is 0. The number of fused-ring (bicyclic) bond motifs is 5. The molecule has 0 aromatic heterocycles. The van der Waals surface area contributed by atoms with Crippen LogP contribution in [0.25, 0.3) is 0 Å². The summed E-state index contributed by atoms with van der Waals surface area (Å²) in [6.45, 7) is 3.24. The Morgan fingerprint density at radius 1 is 1.00 bits per heavy atom. The Hall–Kier alpha value is -1.76. The van der Waals surface area contributed by atoms with E-state index in [1.54, 1.807) is 11.1 Å². The second-order valence-electron chi connectivity index (χ2n) is 9.14. The predicted octanol–water partition coefficient (Wildman–Crippen LogP) is 6.51. The molecule has 136 valence electrons. The first-order chi connectivity index (χ1) is 12.7. The number of aryl methyl sites for hydroxylation is 1. The minimum Gasteiger partial charge on any atom is -0.489 e. The second kappa shape index (κ2) is 6.44. The molecule has 0 unspecified atom stereocenters. The van der Waals surface area contributed by atoms with E-state index >= 15 is 0 Å². The highest BCUT2D eigenvalue weighted by molar-refractivity contribution is 5.40. The van der Waals surface area contributed by atoms with Gasteiger partial charge in [0.15, 0.2) is 0 Å². The molecule has 0 N–H and O–H groups in total. The minimum absolute atomic E-state index is 0.650. The Kier molecular flexibility index (Phi) is 4.07. The molecule has 0 aliphatic heterocycles. The van der Waals surface area contributed by atoms with Gasteiger partial charge in [0.25, 0.3) is 0 Å². The van der Waals surface area contributed by atoms with Crippen molar-refractivity contribution in [3.05, 3.63) is 65.2 Å². The summed E-state index contributed by atoms with van der Waals surface area (Å²) >= 11 is 0. The summed E-state index contributed by atoms with van der Waals surface area (Å²) in [5.74, 6) is 3.74. The molecule has 0 saturated heterocycles. The third-order valence-corrected chi connectivity index (χ3v) is 7.73. The molecule has 2 aromatic rings. The van der Waals surface area contributed by atoms with Crippen molar-refractivity contribution in [1.29, 1.82) is 0 Å². The highest BCUT2D eigenvalue weighted by Crippen LogP contribution is 2.60. The average molecular weight is 347 g/mol. The normalized spacial score (nSPS) is 32.4. The van der Waals surface area contributed by atoms with Gasteiger partial charge in [-0.25, -0.2) is 0 Å². The zero-order valence-corrected chi connectivity index (χ0v) is 15.9. The highest BCUT2D eigenvalue weighted by atomic mass is 16.5. The molecular weight excluding hydrogens is 316 g/mol. The molecule has 3 aliphatic carbocycles. The van der Waals surface area contributed by atoms with Gasteiger partial charge in [0.1, 0.15) is 12.4 Å². The maximum absolute atomic E-state index is 6.08. The zero-order valence-electron chi connectivity index (χ0n) is 15.9. The quantitative estimate of drug-likeness (QED) is 0.615. The van der Waals surface area contributed by atoms with E-state index in [0.717, 1.165) is 23.5 Å². The lowest BCUT2D eigenvalue weighted by Gasteiger charge is -2.49. The minimum atomic E-state index is 0.650. The van der Waals surface area contributed by atoms with E-state index < -0.39 is 0 Å². The van der Waals surface area contributed by atoms with Crippen molar-refractivity contribution in [2.24, 2.45) is 17.3 Å². The van der Waals surface area contributed by atoms with E-state index in [2.05, 4.69) is 55.5 Å². The van der Waals surface area contributed by atoms with Crippen LogP contribution in [0.1, 0.15) is 68.1 Å². The van der Waals surface area contributed by atoms with Crippen molar-refractivity contribution in [3.63, 3.8) is 0 Å². The summed E-state index contributed by atoms with van der Waals surface area (Å²) in [6, 6.07) is 17.4. The van der Waals surface area contributed by atoms with E-state index in [0.29, 0.717) is 12.0 Å². The maximum atomic E-state index is 6.08. The first kappa shape index (κ1) is 16.4. The Labute approximate surface area is 157 Å². The van der Waals surface area contributed by atoms with E-state index in [1.807, 2.05) is 0 Å². The fourth-order valence-corrected chi connectivity index (χ4v) is 6.38. The Balaban J connectivity index is 1.34. The van der Waals surface area contributed by atoms with Gasteiger partial charge in [0, 0.05) is 0 Å². The van der Waals surface area contributed by atoms with Crippen LogP contribution in [0.2, 0.25) is 0 Å². The molecule has 2 aromatic carbocycles. The van der Waals surface area contributed by atoms with Crippen molar-refractivity contribution in [3.8, 4) is 5.75 Å². The molecule has 0 spiro atoms. The van der Waals surface area contributed by atoms with Gasteiger partial charge in [-0.3, -0.25) is 0 Å². The van der Waals surface area contributed by atoms with Gasteiger partial charge in [-0.2, -0.15) is 0 Å². The zero-order chi connectivity index (χ0) is 17.6. The molecule has 3 aliphatic rings. The van der Waals surface area contributed by atoms with Crippen LogP contribution in [0.4, 0.5) is 0 Å². The topological polar surface area (TPSA) is 9.23 Å². The van der Waals surface area contributed by atoms with Gasteiger partial charge in [-0.1, -0.05) is 49.7 Å². The highest BCUT2D eigenvalue weighted by Gasteiger charge is 2.50. The molecule has 4 atom stereocenters. The molecule has 0 heterocycles. The van der Waals surface area contributed by atoms with Crippen LogP contribution in [0, 0.1) is 17.3 Å². The van der Waals surface area contributed by atoms with Crippen molar-refractivity contribution in [2.75, 3.05) is 0 Å². The number of hydrogen-bond acceptors (Lipinski definition) is 1. The Morgan fingerprint density at radius 2 is 1.88 bits per heavy atom. The molecular formula is C25H30O. The van der Waals surface area contributed by atoms with Gasteiger partial charge >= 0.3 is 0 Å². The van der Waals surface area contributed by atoms with E-state index in [1.165, 1.54) is 50.5 Å². The van der Waals surface area contributed by atoms with Crippen LogP contribution >= 0.6 is 0 Å². The van der Waals surface area contributed by atoms with Gasteiger partial charge in [0.2, 0.25) is 0 Å². The summed E-state index contributed by atoms with van der Waals surface area (Å²) in [6.07, 6.45) is 9.87. The Morgan fingerprint density at radius 3 is 2.77 bits per heavy atom. The second-order valence-corrected chi connectivity index (χ2v) is 9.14. The largest absolute Gasteiger partial charge is 0.489 e. The van der Waals surface area contributed by atoms with Crippen LogP contribution in [0.5, 0.6) is 5.75 Å². The average Bonchev–Trinajstić information content (AvgIpc) is 3.08. The number of hydrogen-bond donors (Lipinski definition) is 0. The predicted molar refractivity (Wildman–Crippen MR) is 106 cm³/mol. The monoisotopic (exact) mass is 346 g/mol. The van der Waals surface area contributed by atoms with Crippen molar-refractivity contribution >= 4 is 0 Å². The molecule has 0 bridgehead atoms. The Bertz CT molecular complexity index is 780. The van der Waals surface area contributed by atoms with Crippen LogP contribution in [0.3, 0.4) is 0 Å². The van der Waals surface area contributed by atoms with Crippen molar-refractivity contribution in [1.82, 2.24) is 0 Å². The molecule has 5 rings (SSSR count). The summed E-state index contributed by atoms with van der Waals surface area (Å²) < 4.78 is 6.08. The molecule has 1 heteroatoms. The van der Waals surface area contributed by atoms with Crippen LogP contribution < -0.4 is 4.74 Å². The first-order valence-electron chi connectivity index (χ1n) is 10.5. The third kappa shape index (κ3) is 2.76. The maximum Gasteiger partial charge on any atom is 0.120 e. The molecule has 0 radical (unpaired) electrons. The summed E-state index contributed by atoms with van der Waals surface area (Å²) in [5.41, 5.74) is 5.08. The fourth-order valence-electron chi connectivity index (χ4n) is 6.38. The smallest absolute Gasteiger partial charge is 0.120 e. The van der Waals surface area contributed by atoms with Crippen LogP contribution in [0.15, 0.2) is 48.5 Å². The SMILES string of the molecule is C[C@@]12CCC[C@H]1[C@@H]1CCc3cc(OCc4ccccc4)ccc3[C@H]1CC2. The number of rotatable bonds is 3. The van der Waals surface area contributed by atoms with E-state index in [9.17, 15) is 0 Å². The van der Waals surface area contributed by atoms with Gasteiger partial charge in [-0.05, 0) is 90.5 Å². The van der Waals surface area contributed by atoms with Crippen molar-refractivity contribution in [2.45, 2.75) is 64.4 Å².